The van der Waals surface area contributed by atoms with E-state index in [-0.39, 0.29) is 17.9 Å². The maximum atomic E-state index is 11.7. The van der Waals surface area contributed by atoms with Gasteiger partial charge in [0.2, 0.25) is 0 Å². The molecule has 118 valence electrons. The summed E-state index contributed by atoms with van der Waals surface area (Å²) in [4.78, 5) is 32.7. The van der Waals surface area contributed by atoms with Crippen molar-refractivity contribution >= 4 is 23.4 Å². The average Bonchev–Trinajstić information content (AvgIpc) is 2.53. The second-order valence-corrected chi connectivity index (χ2v) is 4.52. The van der Waals surface area contributed by atoms with Crippen molar-refractivity contribution in [1.29, 1.82) is 0 Å². The van der Waals surface area contributed by atoms with Crippen LogP contribution in [0.25, 0.3) is 0 Å². The molecule has 0 saturated carbocycles. The van der Waals surface area contributed by atoms with Crippen molar-refractivity contribution in [3.63, 3.8) is 0 Å². The molecule has 0 atom stereocenters. The SMILES string of the molecule is O=C(Nc1cc(C(=O)O)cc([N+](=O)[O-])c1)OCc1ccccc1. The number of nitrogens with one attached hydrogen (secondary N) is 1. The molecule has 0 aliphatic heterocycles. The molecular weight excluding hydrogens is 304 g/mol. The van der Waals surface area contributed by atoms with Gasteiger partial charge in [0.25, 0.3) is 5.69 Å². The molecule has 0 saturated heterocycles. The molecule has 2 N–H and O–H groups in total. The van der Waals surface area contributed by atoms with Gasteiger partial charge in [0.05, 0.1) is 16.2 Å². The zero-order valence-electron chi connectivity index (χ0n) is 11.8. The summed E-state index contributed by atoms with van der Waals surface area (Å²) in [5.74, 6) is -1.34. The number of hydrogen-bond acceptors (Lipinski definition) is 5. The number of amides is 1. The monoisotopic (exact) mass is 316 g/mol. The highest BCUT2D eigenvalue weighted by atomic mass is 16.6. The van der Waals surface area contributed by atoms with Gasteiger partial charge < -0.3 is 9.84 Å². The number of benzene rings is 2. The lowest BCUT2D eigenvalue weighted by Gasteiger charge is -2.08. The Morgan fingerprint density at radius 1 is 1.17 bits per heavy atom. The fourth-order valence-corrected chi connectivity index (χ4v) is 1.79. The van der Waals surface area contributed by atoms with Crippen LogP contribution < -0.4 is 5.32 Å². The Balaban J connectivity index is 2.07. The number of non-ortho nitro benzene ring substituents is 1. The summed E-state index contributed by atoms with van der Waals surface area (Å²) in [5, 5.41) is 22.0. The van der Waals surface area contributed by atoms with E-state index in [4.69, 9.17) is 9.84 Å². The second kappa shape index (κ2) is 7.03. The van der Waals surface area contributed by atoms with Crippen molar-refractivity contribution in [2.45, 2.75) is 6.61 Å². The fourth-order valence-electron chi connectivity index (χ4n) is 1.79. The molecule has 8 nitrogen and oxygen atoms in total. The lowest BCUT2D eigenvalue weighted by molar-refractivity contribution is -0.384. The Morgan fingerprint density at radius 3 is 2.48 bits per heavy atom. The molecule has 0 radical (unpaired) electrons. The van der Waals surface area contributed by atoms with Gasteiger partial charge in [0, 0.05) is 12.1 Å². The number of carboxylic acid groups (broad SMARTS) is 1. The molecule has 0 unspecified atom stereocenters. The van der Waals surface area contributed by atoms with Crippen LogP contribution in [0.3, 0.4) is 0 Å². The van der Waals surface area contributed by atoms with Crippen molar-refractivity contribution in [3.8, 4) is 0 Å². The zero-order valence-corrected chi connectivity index (χ0v) is 11.8. The summed E-state index contributed by atoms with van der Waals surface area (Å²) in [6.07, 6.45) is -0.842. The highest BCUT2D eigenvalue weighted by Crippen LogP contribution is 2.21. The minimum absolute atomic E-state index is 0.0212. The van der Waals surface area contributed by atoms with Gasteiger partial charge in [-0.3, -0.25) is 15.4 Å². The molecule has 0 bridgehead atoms. The molecule has 23 heavy (non-hydrogen) atoms. The van der Waals surface area contributed by atoms with Crippen LogP contribution in [-0.4, -0.2) is 22.1 Å². The first kappa shape index (κ1) is 16.0. The average molecular weight is 316 g/mol. The number of nitro benzene ring substituents is 1. The molecular formula is C15H12N2O6. The summed E-state index contributed by atoms with van der Waals surface area (Å²) in [5.41, 5.74) is -0.0107. The van der Waals surface area contributed by atoms with Gasteiger partial charge in [-0.25, -0.2) is 9.59 Å². The first-order chi connectivity index (χ1) is 11.0. The van der Waals surface area contributed by atoms with E-state index < -0.39 is 22.7 Å². The maximum Gasteiger partial charge on any atom is 0.411 e. The van der Waals surface area contributed by atoms with Crippen LogP contribution in [0.1, 0.15) is 15.9 Å². The van der Waals surface area contributed by atoms with E-state index >= 15 is 0 Å². The van der Waals surface area contributed by atoms with Gasteiger partial charge in [-0.15, -0.1) is 0 Å². The zero-order chi connectivity index (χ0) is 16.8. The Kier molecular flexibility index (Phi) is 4.88. The van der Waals surface area contributed by atoms with E-state index in [0.29, 0.717) is 0 Å². The third-order valence-electron chi connectivity index (χ3n) is 2.83. The van der Waals surface area contributed by atoms with E-state index in [1.807, 2.05) is 6.07 Å². The van der Waals surface area contributed by atoms with Crippen LogP contribution in [0.5, 0.6) is 0 Å². The minimum Gasteiger partial charge on any atom is -0.478 e. The number of anilines is 1. The maximum absolute atomic E-state index is 11.7. The Bertz CT molecular complexity index is 713. The van der Waals surface area contributed by atoms with Crippen molar-refractivity contribution in [2.75, 3.05) is 5.32 Å². The highest BCUT2D eigenvalue weighted by molar-refractivity contribution is 5.92. The molecule has 1 amide bonds. The van der Waals surface area contributed by atoms with Gasteiger partial charge >= 0.3 is 12.1 Å². The van der Waals surface area contributed by atoms with Crippen molar-refractivity contribution in [3.05, 3.63) is 69.8 Å². The number of carbonyl (C=O) groups excluding carboxylic acids is 1. The van der Waals surface area contributed by atoms with Crippen molar-refractivity contribution in [1.82, 2.24) is 0 Å². The standard InChI is InChI=1S/C15H12N2O6/c18-14(19)11-6-12(8-13(7-11)17(21)22)16-15(20)23-9-10-4-2-1-3-5-10/h1-8H,9H2,(H,16,20)(H,18,19). The van der Waals surface area contributed by atoms with Gasteiger partial charge in [0.1, 0.15) is 6.61 Å². The number of hydrogen-bond donors (Lipinski definition) is 2. The number of carbonyl (C=O) groups is 2. The van der Waals surface area contributed by atoms with Gasteiger partial charge in [0.15, 0.2) is 0 Å². The summed E-state index contributed by atoms with van der Waals surface area (Å²) in [6, 6.07) is 12.0. The lowest BCUT2D eigenvalue weighted by Crippen LogP contribution is -2.14. The van der Waals surface area contributed by atoms with E-state index in [1.165, 1.54) is 0 Å². The van der Waals surface area contributed by atoms with Gasteiger partial charge in [-0.05, 0) is 11.6 Å². The Morgan fingerprint density at radius 2 is 1.87 bits per heavy atom. The van der Waals surface area contributed by atoms with Crippen molar-refractivity contribution in [2.24, 2.45) is 0 Å². The largest absolute Gasteiger partial charge is 0.478 e. The smallest absolute Gasteiger partial charge is 0.411 e. The molecule has 0 spiro atoms. The third kappa shape index (κ3) is 4.53. The highest BCUT2D eigenvalue weighted by Gasteiger charge is 2.15. The molecule has 0 aliphatic rings. The van der Waals surface area contributed by atoms with Crippen LogP contribution in [0.4, 0.5) is 16.2 Å². The molecule has 0 heterocycles. The molecule has 0 aromatic heterocycles. The summed E-state index contributed by atoms with van der Waals surface area (Å²) < 4.78 is 4.97. The van der Waals surface area contributed by atoms with Crippen molar-refractivity contribution < 1.29 is 24.4 Å². The topological polar surface area (TPSA) is 119 Å². The first-order valence-corrected chi connectivity index (χ1v) is 6.46. The third-order valence-corrected chi connectivity index (χ3v) is 2.83. The predicted octanol–water partition coefficient (Wildman–Crippen LogP) is 3.04. The molecule has 0 fully saturated rings. The lowest BCUT2D eigenvalue weighted by atomic mass is 10.2. The number of rotatable bonds is 5. The molecule has 2 rings (SSSR count). The minimum atomic E-state index is -1.34. The van der Waals surface area contributed by atoms with Crippen LogP contribution >= 0.6 is 0 Å². The van der Waals surface area contributed by atoms with Gasteiger partial charge in [-0.2, -0.15) is 0 Å². The second-order valence-electron chi connectivity index (χ2n) is 4.52. The molecule has 2 aromatic carbocycles. The Hall–Kier alpha value is -3.42. The molecule has 8 heteroatoms. The number of carboxylic acids is 1. The summed E-state index contributed by atoms with van der Waals surface area (Å²) >= 11 is 0. The first-order valence-electron chi connectivity index (χ1n) is 6.46. The number of ether oxygens (including phenoxy) is 1. The molecule has 2 aromatic rings. The summed E-state index contributed by atoms with van der Waals surface area (Å²) in [7, 11) is 0. The fraction of sp³-hybridized carbons (Fsp3) is 0.0667. The van der Waals surface area contributed by atoms with E-state index in [0.717, 1.165) is 23.8 Å². The van der Waals surface area contributed by atoms with E-state index in [9.17, 15) is 19.7 Å². The quantitative estimate of drug-likeness (QED) is 0.646. The predicted molar refractivity (Wildman–Crippen MR) is 80.3 cm³/mol. The van der Waals surface area contributed by atoms with Gasteiger partial charge in [-0.1, -0.05) is 30.3 Å². The Labute approximate surface area is 130 Å². The number of aromatic carboxylic acids is 1. The van der Waals surface area contributed by atoms with Crippen LogP contribution in [-0.2, 0) is 11.3 Å². The summed E-state index contributed by atoms with van der Waals surface area (Å²) in [6.45, 7) is 0.0212. The van der Waals surface area contributed by atoms with Crippen LogP contribution in [0.2, 0.25) is 0 Å². The number of nitrogens with zero attached hydrogens (tertiary/aromatic N) is 1. The van der Waals surface area contributed by atoms with E-state index in [2.05, 4.69) is 5.32 Å². The van der Waals surface area contributed by atoms with Crippen LogP contribution in [0.15, 0.2) is 48.5 Å². The van der Waals surface area contributed by atoms with Crippen LogP contribution in [0, 0.1) is 10.1 Å². The normalized spacial score (nSPS) is 9.91. The van der Waals surface area contributed by atoms with E-state index in [1.54, 1.807) is 24.3 Å². The molecule has 0 aliphatic carbocycles. The number of nitro groups is 1.